The summed E-state index contributed by atoms with van der Waals surface area (Å²) < 4.78 is 2.82. The van der Waals surface area contributed by atoms with Gasteiger partial charge in [0, 0.05) is 0 Å². The summed E-state index contributed by atoms with van der Waals surface area (Å²) >= 11 is -2.57. The van der Waals surface area contributed by atoms with E-state index < -0.39 is 21.0 Å². The zero-order valence-corrected chi connectivity index (χ0v) is 28.7. The van der Waals surface area contributed by atoms with Gasteiger partial charge in [-0.1, -0.05) is 0 Å². The van der Waals surface area contributed by atoms with E-state index in [0.717, 1.165) is 0 Å². The molecule has 0 fully saturated rings. The molecule has 0 nitrogen and oxygen atoms in total. The van der Waals surface area contributed by atoms with E-state index in [-0.39, 0.29) is 10.8 Å². The fourth-order valence-corrected chi connectivity index (χ4v) is 19.5. The van der Waals surface area contributed by atoms with E-state index in [2.05, 4.69) is 142 Å². The van der Waals surface area contributed by atoms with Gasteiger partial charge in [-0.05, 0) is 0 Å². The van der Waals surface area contributed by atoms with Crippen LogP contribution in [0.3, 0.4) is 0 Å². The predicted octanol–water partition coefficient (Wildman–Crippen LogP) is 10.2. The molecule has 0 spiro atoms. The van der Waals surface area contributed by atoms with E-state index in [0.29, 0.717) is 7.35 Å². The predicted molar refractivity (Wildman–Crippen MR) is 164 cm³/mol. The van der Waals surface area contributed by atoms with Crippen molar-refractivity contribution in [3.05, 3.63) is 112 Å². The maximum absolute atomic E-state index is 2.59. The Morgan fingerprint density at radius 2 is 1.21 bits per heavy atom. The van der Waals surface area contributed by atoms with E-state index >= 15 is 0 Å². The van der Waals surface area contributed by atoms with Crippen LogP contribution in [0.5, 0.6) is 0 Å². The second kappa shape index (κ2) is 9.81. The number of aryl methyl sites for hydroxylation is 2. The number of rotatable bonds is 3. The Bertz CT molecular complexity index is 1420. The van der Waals surface area contributed by atoms with Crippen molar-refractivity contribution < 1.29 is 21.0 Å². The molecular weight excluding hydrogens is 623 g/mol. The Morgan fingerprint density at radius 1 is 0.711 bits per heavy atom. The van der Waals surface area contributed by atoms with Gasteiger partial charge in [0.15, 0.2) is 0 Å². The molecule has 0 aliphatic heterocycles. The Hall–Kier alpha value is -2.12. The number of fused-ring (bicyclic) bond motifs is 3. The van der Waals surface area contributed by atoms with Crippen molar-refractivity contribution in [2.45, 2.75) is 87.4 Å². The van der Waals surface area contributed by atoms with Crippen LogP contribution < -0.4 is 0 Å². The average Bonchev–Trinajstić information content (AvgIpc) is 3.41. The average molecular weight is 667 g/mol. The van der Waals surface area contributed by atoms with E-state index in [9.17, 15) is 0 Å². The summed E-state index contributed by atoms with van der Waals surface area (Å²) in [5, 5.41) is 0. The van der Waals surface area contributed by atoms with E-state index in [1.807, 2.05) is 0 Å². The molecule has 1 heteroatoms. The van der Waals surface area contributed by atoms with Gasteiger partial charge in [0.2, 0.25) is 0 Å². The van der Waals surface area contributed by atoms with Gasteiger partial charge in [0.1, 0.15) is 0 Å². The number of benzene rings is 3. The Labute approximate surface area is 238 Å². The molecule has 0 saturated carbocycles. The summed E-state index contributed by atoms with van der Waals surface area (Å²) in [7, 11) is 0. The maximum atomic E-state index is 2.59. The third-order valence-corrected chi connectivity index (χ3v) is 21.5. The van der Waals surface area contributed by atoms with E-state index in [1.165, 1.54) is 38.9 Å². The van der Waals surface area contributed by atoms with Gasteiger partial charge in [-0.3, -0.25) is 0 Å². The Morgan fingerprint density at radius 3 is 1.66 bits per heavy atom. The van der Waals surface area contributed by atoms with Crippen LogP contribution in [-0.4, -0.2) is 3.26 Å². The molecule has 0 N–H and O–H groups in total. The third-order valence-electron chi connectivity index (χ3n) is 8.65. The second-order valence-electron chi connectivity index (χ2n) is 13.7. The molecule has 0 amide bonds. The fraction of sp³-hybridized carbons (Fsp3) is 0.378. The van der Waals surface area contributed by atoms with Crippen LogP contribution in [0.1, 0.15) is 98.0 Å². The van der Waals surface area contributed by atoms with Crippen LogP contribution >= 0.6 is 0 Å². The van der Waals surface area contributed by atoms with Crippen LogP contribution in [0.25, 0.3) is 16.7 Å². The molecule has 0 saturated heterocycles. The van der Waals surface area contributed by atoms with Crippen LogP contribution in [-0.2, 0) is 31.8 Å². The van der Waals surface area contributed by atoms with Gasteiger partial charge in [-0.15, -0.1) is 0 Å². The first-order valence-corrected chi connectivity index (χ1v) is 20.1. The quantitative estimate of drug-likeness (QED) is 0.244. The summed E-state index contributed by atoms with van der Waals surface area (Å²) in [4.78, 5) is 0. The van der Waals surface area contributed by atoms with Crippen molar-refractivity contribution >= 4 is 8.83 Å². The van der Waals surface area contributed by atoms with Gasteiger partial charge in [0.25, 0.3) is 0 Å². The molecule has 1 unspecified atom stereocenters. The molecule has 38 heavy (non-hydrogen) atoms. The monoisotopic (exact) mass is 668 g/mol. The molecule has 0 aromatic heterocycles. The topological polar surface area (TPSA) is 0 Å². The number of hydrogen-bond donors (Lipinski definition) is 0. The normalized spacial score (nSPS) is 16.9. The molecular formula is C37H44Hf. The van der Waals surface area contributed by atoms with Gasteiger partial charge < -0.3 is 0 Å². The van der Waals surface area contributed by atoms with Crippen LogP contribution in [0.2, 0.25) is 3.67 Å². The van der Waals surface area contributed by atoms with Crippen LogP contribution in [0.4, 0.5) is 0 Å². The molecule has 1 atom stereocenters. The van der Waals surface area contributed by atoms with Crippen molar-refractivity contribution in [2.24, 2.45) is 0 Å². The minimum atomic E-state index is -2.57. The zero-order valence-electron chi connectivity index (χ0n) is 25.1. The minimum absolute atomic E-state index is 0.137. The molecule has 0 heterocycles. The van der Waals surface area contributed by atoms with Gasteiger partial charge in [-0.2, -0.15) is 0 Å². The SMILES string of the molecule is C[C](C)=[Hf]([CH]1C=CC=C1c1c(C)cccc1C)[CH]1c2cc(C(C)(C)C)ccc2-c2ccc(C(C)(C)C)cc21. The van der Waals surface area contributed by atoms with Crippen molar-refractivity contribution in [3.63, 3.8) is 0 Å². The molecule has 0 radical (unpaired) electrons. The van der Waals surface area contributed by atoms with Crippen LogP contribution in [0, 0.1) is 13.8 Å². The summed E-state index contributed by atoms with van der Waals surface area (Å²) in [6.45, 7) is 23.6. The first-order valence-electron chi connectivity index (χ1n) is 14.2. The van der Waals surface area contributed by atoms with Crippen molar-refractivity contribution in [1.29, 1.82) is 0 Å². The molecule has 5 rings (SSSR count). The molecule has 3 aromatic carbocycles. The summed E-state index contributed by atoms with van der Waals surface area (Å²) in [5.74, 6) is 0. The summed E-state index contributed by atoms with van der Waals surface area (Å²) in [5.41, 5.74) is 15.2. The molecule has 196 valence electrons. The second-order valence-corrected chi connectivity index (χ2v) is 24.9. The van der Waals surface area contributed by atoms with Gasteiger partial charge >= 0.3 is 240 Å². The molecule has 0 bridgehead atoms. The van der Waals surface area contributed by atoms with Crippen molar-refractivity contribution in [3.8, 4) is 11.1 Å². The Kier molecular flexibility index (Phi) is 7.09. The number of hydrogen-bond acceptors (Lipinski definition) is 0. The number of allylic oxidation sites excluding steroid dienone is 4. The first-order chi connectivity index (χ1) is 17.8. The molecule has 3 aromatic rings. The Balaban J connectivity index is 1.76. The summed E-state index contributed by atoms with van der Waals surface area (Å²) in [6, 6.07) is 21.6. The van der Waals surface area contributed by atoms with Crippen molar-refractivity contribution in [1.82, 2.24) is 0 Å². The van der Waals surface area contributed by atoms with Gasteiger partial charge in [0.05, 0.1) is 0 Å². The van der Waals surface area contributed by atoms with Crippen molar-refractivity contribution in [2.75, 3.05) is 0 Å². The van der Waals surface area contributed by atoms with Crippen LogP contribution in [0.15, 0.2) is 72.8 Å². The van der Waals surface area contributed by atoms with E-state index in [1.54, 1.807) is 20.0 Å². The molecule has 2 aliphatic carbocycles. The zero-order chi connectivity index (χ0) is 27.6. The van der Waals surface area contributed by atoms with Gasteiger partial charge in [-0.25, -0.2) is 0 Å². The first kappa shape index (κ1) is 27.4. The fourth-order valence-electron chi connectivity index (χ4n) is 6.57. The summed E-state index contributed by atoms with van der Waals surface area (Å²) in [6.07, 6.45) is 7.35. The standard InChI is InChI=1S/C21H25.C13H13.C3H6.Hf/c1-20(2,3)16-7-9-18-14(12-16)11-15-13-17(21(4,5)6)8-10-19(15)18;1-10-6-5-7-11(2)13(10)12-8-3-4-9-12;1-3-2;/h7-13H,1-6H3;3-9H,1-2H3;1-2H3;. The third kappa shape index (κ3) is 4.74. The molecule has 2 aliphatic rings. The van der Waals surface area contributed by atoms with E-state index in [4.69, 9.17) is 0 Å².